The Bertz CT molecular complexity index is 1480. The summed E-state index contributed by atoms with van der Waals surface area (Å²) in [6.07, 6.45) is 0.0584. The van der Waals surface area contributed by atoms with E-state index in [2.05, 4.69) is 30.2 Å². The number of hydrogen-bond donors (Lipinski definition) is 3. The van der Waals surface area contributed by atoms with E-state index in [-0.39, 0.29) is 18.1 Å². The minimum atomic E-state index is -0.656. The Morgan fingerprint density at radius 3 is 2.44 bits per heavy atom. The van der Waals surface area contributed by atoms with Gasteiger partial charge >= 0.3 is 11.7 Å². The highest BCUT2D eigenvalue weighted by Crippen LogP contribution is 2.24. The lowest BCUT2D eigenvalue weighted by Gasteiger charge is -2.10. The molecule has 3 N–H and O–H groups in total. The molecule has 11 nitrogen and oxygen atoms in total. The molecule has 36 heavy (non-hydrogen) atoms. The molecule has 0 fully saturated rings. The molecule has 0 aliphatic heterocycles. The Morgan fingerprint density at radius 1 is 1.06 bits per heavy atom. The predicted octanol–water partition coefficient (Wildman–Crippen LogP) is 1.89. The number of ether oxygens (including phenoxy) is 1. The average Bonchev–Trinajstić information content (AvgIpc) is 3.24. The third-order valence-electron chi connectivity index (χ3n) is 4.87. The summed E-state index contributed by atoms with van der Waals surface area (Å²) in [5.41, 5.74) is 0.469. The Hall–Kier alpha value is -4.52. The van der Waals surface area contributed by atoms with Crippen molar-refractivity contribution in [2.45, 2.75) is 11.6 Å². The van der Waals surface area contributed by atoms with E-state index in [0.717, 1.165) is 11.8 Å². The average molecular weight is 511 g/mol. The molecule has 184 valence electrons. The Kier molecular flexibility index (Phi) is 7.39. The van der Waals surface area contributed by atoms with Gasteiger partial charge in [-0.15, -0.1) is 10.2 Å². The second kappa shape index (κ2) is 10.8. The molecule has 4 aromatic rings. The molecule has 2 heterocycles. The number of rotatable bonds is 8. The number of nitrogens with zero attached hydrogens (tertiary/aromatic N) is 3. The lowest BCUT2D eigenvalue weighted by molar-refractivity contribution is -0.113. The lowest BCUT2D eigenvalue weighted by atomic mass is 10.2. The molecule has 13 heteroatoms. The summed E-state index contributed by atoms with van der Waals surface area (Å²) in [6.45, 7) is 0. The van der Waals surface area contributed by atoms with Crippen molar-refractivity contribution in [2.75, 3.05) is 18.2 Å². The minimum Gasteiger partial charge on any atom is -0.465 e. The Balaban J connectivity index is 1.53. The van der Waals surface area contributed by atoms with Gasteiger partial charge in [0.15, 0.2) is 5.16 Å². The molecule has 2 aromatic carbocycles. The largest absolute Gasteiger partial charge is 0.465 e. The first kappa shape index (κ1) is 24.6. The Labute approximate surface area is 206 Å². The summed E-state index contributed by atoms with van der Waals surface area (Å²) in [7, 11) is 1.28. The van der Waals surface area contributed by atoms with Crippen LogP contribution in [0.2, 0.25) is 0 Å². The van der Waals surface area contributed by atoms with Crippen LogP contribution >= 0.6 is 11.8 Å². The second-order valence-corrected chi connectivity index (χ2v) is 8.35. The fourth-order valence-electron chi connectivity index (χ4n) is 3.28. The number of halogens is 1. The number of thioether (sulfide) groups is 1. The molecule has 0 atom stereocenters. The van der Waals surface area contributed by atoms with Gasteiger partial charge < -0.3 is 15.0 Å². The first-order valence-electron chi connectivity index (χ1n) is 10.5. The zero-order valence-corrected chi connectivity index (χ0v) is 19.6. The minimum absolute atomic E-state index is 0.0279. The van der Waals surface area contributed by atoms with Crippen LogP contribution in [-0.4, -0.2) is 49.5 Å². The number of carbonyl (C=O) groups is 2. The van der Waals surface area contributed by atoms with Gasteiger partial charge in [-0.2, -0.15) is 0 Å². The smallest absolute Gasteiger partial charge is 0.337 e. The summed E-state index contributed by atoms with van der Waals surface area (Å²) in [4.78, 5) is 52.0. The number of H-pyrrole nitrogens is 2. The van der Waals surface area contributed by atoms with Crippen molar-refractivity contribution in [2.24, 2.45) is 0 Å². The van der Waals surface area contributed by atoms with Gasteiger partial charge in [0.25, 0.3) is 5.56 Å². The first-order valence-corrected chi connectivity index (χ1v) is 11.4. The number of aromatic amines is 2. The van der Waals surface area contributed by atoms with E-state index in [1.54, 1.807) is 16.7 Å². The van der Waals surface area contributed by atoms with E-state index in [1.165, 1.54) is 49.6 Å². The van der Waals surface area contributed by atoms with Crippen LogP contribution in [0.4, 0.5) is 10.1 Å². The zero-order chi connectivity index (χ0) is 25.7. The van der Waals surface area contributed by atoms with Crippen LogP contribution in [0.5, 0.6) is 0 Å². The predicted molar refractivity (Wildman–Crippen MR) is 129 cm³/mol. The molecular formula is C23H19FN6O5S. The number of methoxy groups -OCH3 is 1. The van der Waals surface area contributed by atoms with Crippen molar-refractivity contribution in [3.05, 3.63) is 98.3 Å². The van der Waals surface area contributed by atoms with Gasteiger partial charge in [-0.1, -0.05) is 11.8 Å². The fraction of sp³-hybridized carbons (Fsp3) is 0.130. The molecule has 0 saturated carbocycles. The van der Waals surface area contributed by atoms with Gasteiger partial charge in [-0.25, -0.2) is 14.0 Å². The van der Waals surface area contributed by atoms with Crippen LogP contribution < -0.4 is 16.6 Å². The third kappa shape index (κ3) is 5.93. The highest BCUT2D eigenvalue weighted by Gasteiger charge is 2.17. The highest BCUT2D eigenvalue weighted by molar-refractivity contribution is 7.99. The summed E-state index contributed by atoms with van der Waals surface area (Å²) in [5.74, 6) is -0.910. The molecule has 0 spiro atoms. The van der Waals surface area contributed by atoms with Crippen LogP contribution in [0.25, 0.3) is 5.69 Å². The van der Waals surface area contributed by atoms with E-state index in [1.807, 2.05) is 0 Å². The normalized spacial score (nSPS) is 10.7. The molecule has 2 aromatic heterocycles. The summed E-state index contributed by atoms with van der Waals surface area (Å²) in [6, 6.07) is 13.0. The number of hydrogen-bond acceptors (Lipinski definition) is 8. The van der Waals surface area contributed by atoms with Crippen molar-refractivity contribution in [1.82, 2.24) is 24.7 Å². The summed E-state index contributed by atoms with van der Waals surface area (Å²) < 4.78 is 19.8. The van der Waals surface area contributed by atoms with Crippen molar-refractivity contribution in [1.29, 1.82) is 0 Å². The number of benzene rings is 2. The van der Waals surface area contributed by atoms with E-state index in [0.29, 0.717) is 33.6 Å². The van der Waals surface area contributed by atoms with Crippen LogP contribution in [0.15, 0.2) is 69.3 Å². The molecule has 0 saturated heterocycles. The molecule has 0 aliphatic carbocycles. The van der Waals surface area contributed by atoms with Crippen LogP contribution in [0.3, 0.4) is 0 Å². The van der Waals surface area contributed by atoms with Gasteiger partial charge in [0.2, 0.25) is 5.91 Å². The quantitative estimate of drug-likeness (QED) is 0.240. The van der Waals surface area contributed by atoms with E-state index in [4.69, 9.17) is 0 Å². The standard InChI is InChI=1S/C23H19FN6O5S/c1-35-21(33)13-2-6-15(7-3-13)25-20(32)12-36-23-29-28-18(10-16-11-19(31)27-22(34)26-16)30(23)17-8-4-14(24)5-9-17/h2-9,11H,10,12H2,1H3,(H,25,32)(H2,26,27,31,34). The van der Waals surface area contributed by atoms with Crippen molar-refractivity contribution in [3.63, 3.8) is 0 Å². The number of nitrogens with one attached hydrogen (secondary N) is 3. The maximum atomic E-state index is 13.5. The summed E-state index contributed by atoms with van der Waals surface area (Å²) >= 11 is 1.09. The topological polar surface area (TPSA) is 152 Å². The van der Waals surface area contributed by atoms with Gasteiger partial charge in [-0.05, 0) is 48.5 Å². The fourth-order valence-corrected chi connectivity index (χ4v) is 4.05. The monoisotopic (exact) mass is 510 g/mol. The van der Waals surface area contributed by atoms with E-state index >= 15 is 0 Å². The van der Waals surface area contributed by atoms with Gasteiger partial charge in [0, 0.05) is 29.6 Å². The maximum absolute atomic E-state index is 13.5. The second-order valence-electron chi connectivity index (χ2n) is 7.41. The van der Waals surface area contributed by atoms with Crippen molar-refractivity contribution >= 4 is 29.3 Å². The Morgan fingerprint density at radius 2 is 1.78 bits per heavy atom. The number of carbonyl (C=O) groups excluding carboxylic acids is 2. The number of aromatic nitrogens is 5. The van der Waals surface area contributed by atoms with Crippen LogP contribution in [0, 0.1) is 5.82 Å². The number of esters is 1. The first-order chi connectivity index (χ1) is 17.3. The van der Waals surface area contributed by atoms with Crippen molar-refractivity contribution in [3.8, 4) is 5.69 Å². The maximum Gasteiger partial charge on any atom is 0.337 e. The van der Waals surface area contributed by atoms with E-state index < -0.39 is 23.0 Å². The highest BCUT2D eigenvalue weighted by atomic mass is 32.2. The van der Waals surface area contributed by atoms with E-state index in [9.17, 15) is 23.6 Å². The molecule has 0 bridgehead atoms. The van der Waals surface area contributed by atoms with Gasteiger partial charge in [0.05, 0.1) is 18.4 Å². The lowest BCUT2D eigenvalue weighted by Crippen LogP contribution is -2.23. The molecule has 4 rings (SSSR count). The van der Waals surface area contributed by atoms with Gasteiger partial charge in [-0.3, -0.25) is 19.1 Å². The molecule has 1 amide bonds. The molecule has 0 unspecified atom stereocenters. The molecule has 0 aliphatic rings. The SMILES string of the molecule is COC(=O)c1ccc(NC(=O)CSc2nnc(Cc3cc(=O)[nH]c(=O)[nH]3)n2-c2ccc(F)cc2)cc1. The molecular weight excluding hydrogens is 491 g/mol. The van der Waals surface area contributed by atoms with Gasteiger partial charge in [0.1, 0.15) is 11.6 Å². The molecule has 0 radical (unpaired) electrons. The van der Waals surface area contributed by atoms with Crippen LogP contribution in [0.1, 0.15) is 21.9 Å². The third-order valence-corrected chi connectivity index (χ3v) is 5.80. The zero-order valence-electron chi connectivity index (χ0n) is 18.8. The van der Waals surface area contributed by atoms with Crippen LogP contribution in [-0.2, 0) is 16.0 Å². The summed E-state index contributed by atoms with van der Waals surface area (Å²) in [5, 5.41) is 11.4. The van der Waals surface area contributed by atoms with Crippen molar-refractivity contribution < 1.29 is 18.7 Å². The number of amides is 1. The number of anilines is 1.